The van der Waals surface area contributed by atoms with Crippen LogP contribution in [0.4, 0.5) is 4.79 Å². The number of fused-ring (bicyclic) bond motifs is 1. The number of thioether (sulfide) groups is 1. The van der Waals surface area contributed by atoms with Crippen molar-refractivity contribution in [2.75, 3.05) is 13.2 Å². The quantitative estimate of drug-likeness (QED) is 0.268. The van der Waals surface area contributed by atoms with Gasteiger partial charge >= 0.3 is 0 Å². The second-order valence-electron chi connectivity index (χ2n) is 7.99. The first-order valence-electron chi connectivity index (χ1n) is 11.3. The van der Waals surface area contributed by atoms with Crippen molar-refractivity contribution in [1.82, 2.24) is 4.90 Å². The molecule has 1 saturated heterocycles. The Morgan fingerprint density at radius 2 is 1.51 bits per heavy atom. The lowest BCUT2D eigenvalue weighted by Crippen LogP contribution is -2.32. The Kier molecular flexibility index (Phi) is 6.82. The number of carbonyl (C=O) groups is 2. The summed E-state index contributed by atoms with van der Waals surface area (Å²) in [5, 5.41) is 2.05. The van der Waals surface area contributed by atoms with Crippen LogP contribution in [0.1, 0.15) is 11.1 Å². The van der Waals surface area contributed by atoms with Crippen LogP contribution in [-0.4, -0.2) is 29.2 Å². The molecule has 1 fully saturated rings. The number of hydrogen-bond acceptors (Lipinski definition) is 5. The van der Waals surface area contributed by atoms with Gasteiger partial charge in [0, 0.05) is 0 Å². The van der Waals surface area contributed by atoms with Crippen LogP contribution in [0.5, 0.6) is 11.5 Å². The molecule has 35 heavy (non-hydrogen) atoms. The smallest absolute Gasteiger partial charge is 0.293 e. The van der Waals surface area contributed by atoms with E-state index in [0.717, 1.165) is 28.3 Å². The molecule has 0 atom stereocenters. The molecular weight excluding hydrogens is 458 g/mol. The van der Waals surface area contributed by atoms with Crippen molar-refractivity contribution in [3.63, 3.8) is 0 Å². The Labute approximate surface area is 208 Å². The Balaban J connectivity index is 1.23. The number of amides is 2. The van der Waals surface area contributed by atoms with Crippen LogP contribution in [0.2, 0.25) is 0 Å². The van der Waals surface area contributed by atoms with E-state index in [9.17, 15) is 9.59 Å². The highest BCUT2D eigenvalue weighted by Crippen LogP contribution is 2.32. The van der Waals surface area contributed by atoms with Gasteiger partial charge in [-0.3, -0.25) is 14.5 Å². The Bertz CT molecular complexity index is 1390. The van der Waals surface area contributed by atoms with Gasteiger partial charge < -0.3 is 9.47 Å². The monoisotopic (exact) mass is 481 g/mol. The van der Waals surface area contributed by atoms with Crippen molar-refractivity contribution < 1.29 is 19.1 Å². The van der Waals surface area contributed by atoms with Crippen molar-refractivity contribution in [2.24, 2.45) is 0 Å². The summed E-state index contributed by atoms with van der Waals surface area (Å²) in [6.07, 6.45) is 1.73. The molecule has 2 amide bonds. The summed E-state index contributed by atoms with van der Waals surface area (Å²) in [5.41, 5.74) is 1.90. The molecule has 0 bridgehead atoms. The van der Waals surface area contributed by atoms with Gasteiger partial charge in [0.05, 0.1) is 11.4 Å². The number of imide groups is 1. The number of para-hydroxylation sites is 1. The third-order valence-corrected chi connectivity index (χ3v) is 6.54. The summed E-state index contributed by atoms with van der Waals surface area (Å²) in [4.78, 5) is 26.8. The van der Waals surface area contributed by atoms with Gasteiger partial charge in [0.25, 0.3) is 11.1 Å². The molecule has 174 valence electrons. The van der Waals surface area contributed by atoms with E-state index in [-0.39, 0.29) is 24.3 Å². The first-order valence-corrected chi connectivity index (χ1v) is 12.1. The summed E-state index contributed by atoms with van der Waals surface area (Å²) in [6, 6.07) is 31.2. The standard InChI is InChI=1S/C29H23NO4S/c31-28-27(35-29(32)30(28)16-17-33-24-12-2-1-3-13-24)19-21-8-6-14-25(18-21)34-20-23-11-7-10-22-9-4-5-15-26(22)23/h1-15,18-19H,16-17,20H2/b27-19-. The van der Waals surface area contributed by atoms with Gasteiger partial charge in [0.1, 0.15) is 24.7 Å². The first kappa shape index (κ1) is 22.7. The van der Waals surface area contributed by atoms with Crippen molar-refractivity contribution in [3.05, 3.63) is 113 Å². The molecular formula is C29H23NO4S. The molecule has 6 heteroatoms. The number of rotatable bonds is 8. The number of hydrogen-bond donors (Lipinski definition) is 0. The lowest BCUT2D eigenvalue weighted by Gasteiger charge is -2.13. The van der Waals surface area contributed by atoms with E-state index in [4.69, 9.17) is 9.47 Å². The van der Waals surface area contributed by atoms with Gasteiger partial charge in [-0.2, -0.15) is 0 Å². The normalized spacial score (nSPS) is 14.6. The van der Waals surface area contributed by atoms with Crippen LogP contribution in [0.25, 0.3) is 16.8 Å². The van der Waals surface area contributed by atoms with Gasteiger partial charge in [0.15, 0.2) is 0 Å². The summed E-state index contributed by atoms with van der Waals surface area (Å²) in [5.74, 6) is 1.09. The van der Waals surface area contributed by atoms with E-state index in [1.165, 1.54) is 10.3 Å². The van der Waals surface area contributed by atoms with Crippen LogP contribution in [0.15, 0.2) is 102 Å². The molecule has 1 heterocycles. The first-order chi connectivity index (χ1) is 17.2. The zero-order valence-corrected chi connectivity index (χ0v) is 19.7. The minimum atomic E-state index is -0.307. The maximum atomic E-state index is 12.8. The number of carbonyl (C=O) groups excluding carboxylic acids is 2. The molecule has 5 rings (SSSR count). The fraction of sp³-hybridized carbons (Fsp3) is 0.103. The summed E-state index contributed by atoms with van der Waals surface area (Å²) in [7, 11) is 0. The van der Waals surface area contributed by atoms with Crippen molar-refractivity contribution in [3.8, 4) is 11.5 Å². The predicted octanol–water partition coefficient (Wildman–Crippen LogP) is 6.53. The fourth-order valence-electron chi connectivity index (χ4n) is 3.89. The Morgan fingerprint density at radius 3 is 2.40 bits per heavy atom. The van der Waals surface area contributed by atoms with Gasteiger partial charge in [-0.05, 0) is 64.0 Å². The largest absolute Gasteiger partial charge is 0.492 e. The molecule has 0 radical (unpaired) electrons. The summed E-state index contributed by atoms with van der Waals surface area (Å²) >= 11 is 0.943. The van der Waals surface area contributed by atoms with Gasteiger partial charge in [-0.15, -0.1) is 0 Å². The van der Waals surface area contributed by atoms with E-state index in [1.54, 1.807) is 6.08 Å². The molecule has 0 N–H and O–H groups in total. The van der Waals surface area contributed by atoms with Crippen molar-refractivity contribution in [2.45, 2.75) is 6.61 Å². The Morgan fingerprint density at radius 1 is 0.771 bits per heavy atom. The molecule has 0 aromatic heterocycles. The molecule has 0 aliphatic carbocycles. The van der Waals surface area contributed by atoms with Crippen LogP contribution < -0.4 is 9.47 Å². The van der Waals surface area contributed by atoms with E-state index < -0.39 is 0 Å². The molecule has 0 spiro atoms. The third-order valence-electron chi connectivity index (χ3n) is 5.63. The van der Waals surface area contributed by atoms with Gasteiger partial charge in [0.2, 0.25) is 0 Å². The number of ether oxygens (including phenoxy) is 2. The summed E-state index contributed by atoms with van der Waals surface area (Å²) < 4.78 is 11.7. The maximum Gasteiger partial charge on any atom is 0.293 e. The summed E-state index contributed by atoms with van der Waals surface area (Å²) in [6.45, 7) is 0.876. The highest BCUT2D eigenvalue weighted by Gasteiger charge is 2.34. The van der Waals surface area contributed by atoms with Crippen molar-refractivity contribution >= 4 is 39.8 Å². The Hall–Kier alpha value is -4.03. The topological polar surface area (TPSA) is 55.8 Å². The minimum Gasteiger partial charge on any atom is -0.492 e. The second kappa shape index (κ2) is 10.5. The fourth-order valence-corrected chi connectivity index (χ4v) is 4.75. The van der Waals surface area contributed by atoms with E-state index in [2.05, 4.69) is 24.3 Å². The zero-order chi connectivity index (χ0) is 24.0. The lowest BCUT2D eigenvalue weighted by molar-refractivity contribution is -0.123. The van der Waals surface area contributed by atoms with Gasteiger partial charge in [-0.1, -0.05) is 72.8 Å². The molecule has 1 aliphatic heterocycles. The van der Waals surface area contributed by atoms with Crippen LogP contribution in [0, 0.1) is 0 Å². The molecule has 4 aromatic carbocycles. The number of benzene rings is 4. The van der Waals surface area contributed by atoms with Crippen LogP contribution in [0.3, 0.4) is 0 Å². The minimum absolute atomic E-state index is 0.199. The van der Waals surface area contributed by atoms with Crippen LogP contribution >= 0.6 is 11.8 Å². The van der Waals surface area contributed by atoms with Crippen molar-refractivity contribution in [1.29, 1.82) is 0 Å². The predicted molar refractivity (Wildman–Crippen MR) is 139 cm³/mol. The average molecular weight is 482 g/mol. The maximum absolute atomic E-state index is 12.8. The third kappa shape index (κ3) is 5.39. The van der Waals surface area contributed by atoms with E-state index in [0.29, 0.717) is 23.0 Å². The SMILES string of the molecule is O=C1S/C(=C\c2cccc(OCc3cccc4ccccc34)c2)C(=O)N1CCOc1ccccc1. The van der Waals surface area contributed by atoms with Crippen LogP contribution in [-0.2, 0) is 11.4 Å². The lowest BCUT2D eigenvalue weighted by atomic mass is 10.1. The molecule has 0 saturated carbocycles. The number of nitrogens with zero attached hydrogens (tertiary/aromatic N) is 1. The molecule has 0 unspecified atom stereocenters. The zero-order valence-electron chi connectivity index (χ0n) is 18.9. The van der Waals surface area contributed by atoms with E-state index in [1.807, 2.05) is 72.8 Å². The highest BCUT2D eigenvalue weighted by atomic mass is 32.2. The average Bonchev–Trinajstić information content (AvgIpc) is 3.15. The van der Waals surface area contributed by atoms with E-state index >= 15 is 0 Å². The van der Waals surface area contributed by atoms with Gasteiger partial charge in [-0.25, -0.2) is 0 Å². The molecule has 4 aromatic rings. The highest BCUT2D eigenvalue weighted by molar-refractivity contribution is 8.18. The molecule has 5 nitrogen and oxygen atoms in total. The second-order valence-corrected chi connectivity index (χ2v) is 8.99. The molecule has 1 aliphatic rings.